The van der Waals surface area contributed by atoms with Crippen molar-refractivity contribution >= 4 is 27.3 Å². The van der Waals surface area contributed by atoms with Crippen LogP contribution in [0, 0.1) is 0 Å². The third-order valence-corrected chi connectivity index (χ3v) is 7.65. The number of benzene rings is 2. The van der Waals surface area contributed by atoms with Crippen LogP contribution in [0.4, 0.5) is 11.4 Å². The lowest BCUT2D eigenvalue weighted by Crippen LogP contribution is -2.41. The average molecular weight is 472 g/mol. The Morgan fingerprint density at radius 3 is 2.52 bits per heavy atom. The number of anilines is 2. The zero-order valence-corrected chi connectivity index (χ0v) is 20.0. The van der Waals surface area contributed by atoms with Gasteiger partial charge in [-0.3, -0.25) is 9.52 Å². The Balaban J connectivity index is 1.35. The van der Waals surface area contributed by atoms with Gasteiger partial charge < -0.3 is 14.5 Å². The molecule has 2 aliphatic rings. The molecule has 2 aromatic carbocycles. The van der Waals surface area contributed by atoms with E-state index in [2.05, 4.69) is 9.62 Å². The average Bonchev–Trinajstić information content (AvgIpc) is 3.28. The molecule has 2 fully saturated rings. The first-order chi connectivity index (χ1) is 15.9. The van der Waals surface area contributed by atoms with Gasteiger partial charge in [-0.1, -0.05) is 12.1 Å². The van der Waals surface area contributed by atoms with Crippen LogP contribution >= 0.6 is 0 Å². The molecule has 33 heavy (non-hydrogen) atoms. The molecule has 0 aliphatic carbocycles. The van der Waals surface area contributed by atoms with Gasteiger partial charge in [-0.15, -0.1) is 0 Å². The second kappa shape index (κ2) is 10.5. The molecule has 0 bridgehead atoms. The first-order valence-corrected chi connectivity index (χ1v) is 13.4. The molecular weight excluding hydrogens is 438 g/mol. The maximum Gasteiger partial charge on any atom is 0.241 e. The molecule has 1 atom stereocenters. The van der Waals surface area contributed by atoms with Gasteiger partial charge in [0.15, 0.2) is 0 Å². The van der Waals surface area contributed by atoms with Gasteiger partial charge in [-0.2, -0.15) is 0 Å². The summed E-state index contributed by atoms with van der Waals surface area (Å²) in [6.07, 6.45) is 6.08. The second-order valence-corrected chi connectivity index (χ2v) is 10.6. The number of nitrogens with zero attached hydrogens (tertiary/aromatic N) is 2. The Labute approximate surface area is 196 Å². The number of nitrogens with one attached hydrogen (secondary N) is 1. The minimum absolute atomic E-state index is 0.00336. The van der Waals surface area contributed by atoms with Crippen molar-refractivity contribution in [2.75, 3.05) is 42.1 Å². The Kier molecular flexibility index (Phi) is 7.42. The maximum atomic E-state index is 12.9. The molecule has 1 amide bonds. The van der Waals surface area contributed by atoms with Crippen molar-refractivity contribution < 1.29 is 17.9 Å². The van der Waals surface area contributed by atoms with Crippen LogP contribution in [0.2, 0.25) is 0 Å². The van der Waals surface area contributed by atoms with Crippen LogP contribution in [0.5, 0.6) is 5.75 Å². The van der Waals surface area contributed by atoms with Gasteiger partial charge in [0, 0.05) is 37.1 Å². The van der Waals surface area contributed by atoms with Gasteiger partial charge in [0.05, 0.1) is 7.11 Å². The van der Waals surface area contributed by atoms with Crippen molar-refractivity contribution in [3.63, 3.8) is 0 Å². The zero-order valence-electron chi connectivity index (χ0n) is 19.2. The molecule has 1 N–H and O–H groups in total. The van der Waals surface area contributed by atoms with Crippen LogP contribution in [-0.2, 0) is 21.2 Å². The van der Waals surface area contributed by atoms with Crippen molar-refractivity contribution in [3.05, 3.63) is 54.1 Å². The number of amides is 1. The number of carbonyl (C=O) groups is 1. The lowest BCUT2D eigenvalue weighted by molar-refractivity contribution is -0.129. The summed E-state index contributed by atoms with van der Waals surface area (Å²) in [4.78, 5) is 17.0. The van der Waals surface area contributed by atoms with Gasteiger partial charge in [0.1, 0.15) is 11.5 Å². The van der Waals surface area contributed by atoms with E-state index in [0.717, 1.165) is 42.9 Å². The van der Waals surface area contributed by atoms with E-state index < -0.39 is 15.8 Å². The van der Waals surface area contributed by atoms with Crippen molar-refractivity contribution in [1.29, 1.82) is 0 Å². The predicted octanol–water partition coefficient (Wildman–Crippen LogP) is 3.66. The van der Waals surface area contributed by atoms with E-state index in [-0.39, 0.29) is 11.9 Å². The molecule has 7 nitrogen and oxygen atoms in total. The monoisotopic (exact) mass is 471 g/mol. The fourth-order valence-corrected chi connectivity index (χ4v) is 5.86. The third-order valence-electron chi connectivity index (χ3n) is 6.48. The minimum Gasteiger partial charge on any atom is -0.497 e. The number of hydrogen-bond donors (Lipinski definition) is 1. The van der Waals surface area contributed by atoms with Crippen LogP contribution < -0.4 is 14.4 Å². The highest BCUT2D eigenvalue weighted by Gasteiger charge is 2.31. The minimum atomic E-state index is -3.79. The Morgan fingerprint density at radius 1 is 1.03 bits per heavy atom. The molecule has 0 spiro atoms. The molecule has 178 valence electrons. The number of methoxy groups -OCH3 is 1. The van der Waals surface area contributed by atoms with Crippen LogP contribution in [0.1, 0.15) is 37.7 Å². The number of rotatable bonds is 8. The molecule has 0 aromatic heterocycles. The fourth-order valence-electron chi connectivity index (χ4n) is 4.80. The number of sulfonamides is 1. The Bertz CT molecular complexity index is 1050. The molecule has 2 heterocycles. The maximum absolute atomic E-state index is 12.9. The number of ether oxygens (including phenoxy) is 1. The summed E-state index contributed by atoms with van der Waals surface area (Å²) >= 11 is 0. The van der Waals surface area contributed by atoms with E-state index in [1.807, 2.05) is 36.4 Å². The first-order valence-electron chi connectivity index (χ1n) is 11.7. The van der Waals surface area contributed by atoms with E-state index in [9.17, 15) is 13.2 Å². The molecular formula is C25H33N3O4S. The van der Waals surface area contributed by atoms with Crippen LogP contribution in [0.15, 0.2) is 48.5 Å². The summed E-state index contributed by atoms with van der Waals surface area (Å²) in [7, 11) is -2.16. The number of piperidine rings is 1. The van der Waals surface area contributed by atoms with Gasteiger partial charge in [-0.25, -0.2) is 8.42 Å². The van der Waals surface area contributed by atoms with E-state index in [1.54, 1.807) is 24.1 Å². The molecule has 2 saturated heterocycles. The Morgan fingerprint density at radius 2 is 1.79 bits per heavy atom. The quantitative estimate of drug-likeness (QED) is 0.636. The summed E-state index contributed by atoms with van der Waals surface area (Å²) in [5.41, 5.74) is 2.66. The lowest BCUT2D eigenvalue weighted by atomic mass is 10.0. The number of carbonyl (C=O) groups excluding carboxylic acids is 1. The summed E-state index contributed by atoms with van der Waals surface area (Å²) < 4.78 is 33.3. The van der Waals surface area contributed by atoms with Crippen LogP contribution in [0.25, 0.3) is 0 Å². The van der Waals surface area contributed by atoms with E-state index >= 15 is 0 Å². The highest BCUT2D eigenvalue weighted by atomic mass is 32.2. The summed E-state index contributed by atoms with van der Waals surface area (Å²) in [6, 6.07) is 15.2. The van der Waals surface area contributed by atoms with Gasteiger partial charge in [0.2, 0.25) is 15.9 Å². The molecule has 2 aliphatic heterocycles. The van der Waals surface area contributed by atoms with E-state index in [0.29, 0.717) is 18.7 Å². The Hall–Kier alpha value is -2.74. The SMILES string of the molecule is COc1cccc(CC2CCCN2C(=O)CS(=O)(=O)Nc2ccc(N3CCCCC3)cc2)c1. The lowest BCUT2D eigenvalue weighted by Gasteiger charge is -2.29. The number of likely N-dealkylation sites (tertiary alicyclic amines) is 1. The van der Waals surface area contributed by atoms with E-state index in [1.165, 1.54) is 19.3 Å². The van der Waals surface area contributed by atoms with Crippen molar-refractivity contribution in [1.82, 2.24) is 4.90 Å². The molecule has 8 heteroatoms. The van der Waals surface area contributed by atoms with Crippen molar-refractivity contribution in [2.45, 2.75) is 44.6 Å². The summed E-state index contributed by atoms with van der Waals surface area (Å²) in [6.45, 7) is 2.66. The highest BCUT2D eigenvalue weighted by Crippen LogP contribution is 2.25. The fraction of sp³-hybridized carbons (Fsp3) is 0.480. The van der Waals surface area contributed by atoms with Crippen molar-refractivity contribution in [3.8, 4) is 5.75 Å². The van der Waals surface area contributed by atoms with Crippen LogP contribution in [0.3, 0.4) is 0 Å². The second-order valence-electron chi connectivity index (χ2n) is 8.89. The molecule has 1 unspecified atom stereocenters. The summed E-state index contributed by atoms with van der Waals surface area (Å²) in [5.74, 6) is -0.116. The zero-order chi connectivity index (χ0) is 23.3. The standard InChI is InChI=1S/C25H33N3O4S/c1-32-24-9-5-7-20(18-24)17-23-8-6-16-28(23)25(29)19-33(30,31)26-21-10-12-22(13-11-21)27-14-3-2-4-15-27/h5,7,9-13,18,23,26H,2-4,6,8,14-17,19H2,1H3. The molecule has 2 aromatic rings. The van der Waals surface area contributed by atoms with E-state index in [4.69, 9.17) is 4.74 Å². The first kappa shape index (κ1) is 23.4. The topological polar surface area (TPSA) is 78.9 Å². The largest absolute Gasteiger partial charge is 0.497 e. The molecule has 4 rings (SSSR count). The van der Waals surface area contributed by atoms with Gasteiger partial charge >= 0.3 is 0 Å². The molecule has 0 radical (unpaired) electrons. The third kappa shape index (κ3) is 6.19. The van der Waals surface area contributed by atoms with Crippen LogP contribution in [-0.4, -0.2) is 57.8 Å². The smallest absolute Gasteiger partial charge is 0.241 e. The van der Waals surface area contributed by atoms with Gasteiger partial charge in [0.25, 0.3) is 0 Å². The van der Waals surface area contributed by atoms with Gasteiger partial charge in [-0.05, 0) is 80.5 Å². The summed E-state index contributed by atoms with van der Waals surface area (Å²) in [5, 5.41) is 0. The highest BCUT2D eigenvalue weighted by molar-refractivity contribution is 7.93. The number of hydrogen-bond acceptors (Lipinski definition) is 5. The predicted molar refractivity (Wildman–Crippen MR) is 131 cm³/mol. The van der Waals surface area contributed by atoms with Crippen molar-refractivity contribution in [2.24, 2.45) is 0 Å². The normalized spacial score (nSPS) is 18.9. The molecule has 0 saturated carbocycles.